The number of rotatable bonds is 3. The van der Waals surface area contributed by atoms with Gasteiger partial charge in [0.05, 0.1) is 23.1 Å². The second-order valence-electron chi connectivity index (χ2n) is 9.03. The van der Waals surface area contributed by atoms with E-state index < -0.39 is 0 Å². The van der Waals surface area contributed by atoms with E-state index in [0.717, 1.165) is 32.1 Å². The number of carbonyl (C=O) groups is 3. The van der Waals surface area contributed by atoms with Gasteiger partial charge in [0.15, 0.2) is 0 Å². The van der Waals surface area contributed by atoms with Crippen LogP contribution in [0.3, 0.4) is 0 Å². The predicted octanol–water partition coefficient (Wildman–Crippen LogP) is 3.34. The highest BCUT2D eigenvalue weighted by atomic mass is 16.5. The van der Waals surface area contributed by atoms with E-state index >= 15 is 0 Å². The molecule has 5 aliphatic carbocycles. The van der Waals surface area contributed by atoms with Crippen molar-refractivity contribution in [2.45, 2.75) is 38.2 Å². The number of anilines is 1. The molecule has 2 amide bonds. The lowest BCUT2D eigenvalue weighted by molar-refractivity contribution is -0.124. The standard InChI is InChI=1S/C23H23NO4/c25-21-19-15-9-10-16(18-11-17(15)18)20(19)22(26)24(21)13-7-5-12(6-8-13)23(27)28-14-3-1-2-4-14/h5-10,14-20H,1-4,11H2/t15-,16-,17-,18+,19+,20+/m0/s1. The fourth-order valence-electron chi connectivity index (χ4n) is 6.18. The highest BCUT2D eigenvalue weighted by Gasteiger charge is 2.67. The molecule has 1 saturated heterocycles. The Labute approximate surface area is 163 Å². The minimum Gasteiger partial charge on any atom is -0.459 e. The molecular formula is C23H23NO4. The van der Waals surface area contributed by atoms with Gasteiger partial charge in [-0.1, -0.05) is 12.2 Å². The van der Waals surface area contributed by atoms with Gasteiger partial charge in [0.25, 0.3) is 0 Å². The normalized spacial score (nSPS) is 37.9. The summed E-state index contributed by atoms with van der Waals surface area (Å²) in [6.45, 7) is 0. The van der Waals surface area contributed by atoms with Gasteiger partial charge in [-0.15, -0.1) is 0 Å². The number of nitrogens with zero attached hydrogens (tertiary/aromatic N) is 1. The van der Waals surface area contributed by atoms with E-state index in [0.29, 0.717) is 23.1 Å². The smallest absolute Gasteiger partial charge is 0.338 e. The lowest BCUT2D eigenvalue weighted by atomic mass is 9.63. The summed E-state index contributed by atoms with van der Waals surface area (Å²) in [5.41, 5.74) is 1.03. The molecule has 7 rings (SSSR count). The topological polar surface area (TPSA) is 63.7 Å². The van der Waals surface area contributed by atoms with Crippen LogP contribution in [0.15, 0.2) is 36.4 Å². The minimum absolute atomic E-state index is 0.0199. The first-order chi connectivity index (χ1) is 13.6. The maximum Gasteiger partial charge on any atom is 0.338 e. The van der Waals surface area contributed by atoms with Gasteiger partial charge in [0.2, 0.25) is 11.8 Å². The summed E-state index contributed by atoms with van der Waals surface area (Å²) in [5.74, 6) is 0.789. The van der Waals surface area contributed by atoms with Gasteiger partial charge < -0.3 is 4.74 Å². The maximum absolute atomic E-state index is 13.1. The van der Waals surface area contributed by atoms with E-state index in [1.165, 1.54) is 4.90 Å². The van der Waals surface area contributed by atoms with Gasteiger partial charge in [-0.05, 0) is 80.0 Å². The number of hydrogen-bond donors (Lipinski definition) is 0. The van der Waals surface area contributed by atoms with Gasteiger partial charge in [0.1, 0.15) is 6.10 Å². The lowest BCUT2D eigenvalue weighted by Gasteiger charge is -2.37. The second kappa shape index (κ2) is 5.79. The van der Waals surface area contributed by atoms with Crippen LogP contribution >= 0.6 is 0 Å². The van der Waals surface area contributed by atoms with Gasteiger partial charge in [-0.2, -0.15) is 0 Å². The molecule has 1 aromatic rings. The molecular weight excluding hydrogens is 354 g/mol. The van der Waals surface area contributed by atoms with Crippen LogP contribution in [0.1, 0.15) is 42.5 Å². The van der Waals surface area contributed by atoms with E-state index in [1.807, 2.05) is 0 Å². The number of esters is 1. The van der Waals surface area contributed by atoms with Crippen LogP contribution in [0, 0.1) is 35.5 Å². The van der Waals surface area contributed by atoms with Crippen LogP contribution in [0.25, 0.3) is 0 Å². The van der Waals surface area contributed by atoms with Crippen molar-refractivity contribution >= 4 is 23.5 Å². The van der Waals surface area contributed by atoms with Crippen LogP contribution in [0.4, 0.5) is 5.69 Å². The number of amides is 2. The van der Waals surface area contributed by atoms with E-state index in [1.54, 1.807) is 24.3 Å². The molecule has 5 heteroatoms. The molecule has 3 saturated carbocycles. The van der Waals surface area contributed by atoms with Crippen molar-refractivity contribution in [2.24, 2.45) is 35.5 Å². The van der Waals surface area contributed by atoms with Crippen LogP contribution in [0.5, 0.6) is 0 Å². The summed E-state index contributed by atoms with van der Waals surface area (Å²) >= 11 is 0. The van der Waals surface area contributed by atoms with Crippen molar-refractivity contribution in [3.05, 3.63) is 42.0 Å². The number of hydrogen-bond acceptors (Lipinski definition) is 4. The van der Waals surface area contributed by atoms with Gasteiger partial charge >= 0.3 is 5.97 Å². The van der Waals surface area contributed by atoms with E-state index in [-0.39, 0.29) is 47.6 Å². The van der Waals surface area contributed by atoms with Crippen LogP contribution in [-0.2, 0) is 14.3 Å². The Morgan fingerprint density at radius 2 is 1.46 bits per heavy atom. The maximum atomic E-state index is 13.1. The second-order valence-corrected chi connectivity index (χ2v) is 9.03. The molecule has 6 aliphatic rings. The molecule has 144 valence electrons. The molecule has 6 atom stereocenters. The van der Waals surface area contributed by atoms with Crippen molar-refractivity contribution in [3.63, 3.8) is 0 Å². The molecule has 1 heterocycles. The number of imide groups is 1. The Kier molecular flexibility index (Phi) is 3.41. The van der Waals surface area contributed by atoms with E-state index in [9.17, 15) is 14.4 Å². The highest BCUT2D eigenvalue weighted by Crippen LogP contribution is 2.65. The summed E-state index contributed by atoms with van der Waals surface area (Å²) in [6, 6.07) is 6.74. The Bertz CT molecular complexity index is 862. The first-order valence-corrected chi connectivity index (χ1v) is 10.5. The molecule has 0 spiro atoms. The fourth-order valence-corrected chi connectivity index (χ4v) is 6.18. The quantitative estimate of drug-likeness (QED) is 0.460. The monoisotopic (exact) mass is 377 g/mol. The summed E-state index contributed by atoms with van der Waals surface area (Å²) in [7, 11) is 0. The molecule has 0 N–H and O–H groups in total. The summed E-state index contributed by atoms with van der Waals surface area (Å²) in [6.07, 6.45) is 9.62. The highest BCUT2D eigenvalue weighted by molar-refractivity contribution is 6.22. The summed E-state index contributed by atoms with van der Waals surface area (Å²) in [5, 5.41) is 0. The first-order valence-electron chi connectivity index (χ1n) is 10.5. The Morgan fingerprint density at radius 3 is 2.04 bits per heavy atom. The fraction of sp³-hybridized carbons (Fsp3) is 0.522. The largest absolute Gasteiger partial charge is 0.459 e. The Morgan fingerprint density at radius 1 is 0.893 bits per heavy atom. The molecule has 2 bridgehead atoms. The summed E-state index contributed by atoms with van der Waals surface area (Å²) < 4.78 is 5.54. The molecule has 4 fully saturated rings. The predicted molar refractivity (Wildman–Crippen MR) is 101 cm³/mol. The zero-order valence-corrected chi connectivity index (χ0v) is 15.6. The zero-order chi connectivity index (χ0) is 19.0. The average Bonchev–Trinajstić information content (AvgIpc) is 3.32. The van der Waals surface area contributed by atoms with Gasteiger partial charge in [-0.25, -0.2) is 4.79 Å². The molecule has 0 radical (unpaired) electrons. The van der Waals surface area contributed by atoms with E-state index in [2.05, 4.69) is 12.2 Å². The molecule has 0 unspecified atom stereocenters. The minimum atomic E-state index is -0.325. The number of benzene rings is 1. The zero-order valence-electron chi connectivity index (χ0n) is 15.6. The number of ether oxygens (including phenoxy) is 1. The van der Waals surface area contributed by atoms with Gasteiger partial charge in [-0.3, -0.25) is 14.5 Å². The van der Waals surface area contributed by atoms with Crippen molar-refractivity contribution in [3.8, 4) is 0 Å². The third-order valence-corrected chi connectivity index (χ3v) is 7.60. The average molecular weight is 377 g/mol. The third kappa shape index (κ3) is 2.22. The van der Waals surface area contributed by atoms with Gasteiger partial charge in [0, 0.05) is 0 Å². The molecule has 1 aliphatic heterocycles. The number of carbonyl (C=O) groups excluding carboxylic acids is 3. The third-order valence-electron chi connectivity index (χ3n) is 7.60. The Hall–Kier alpha value is -2.43. The lowest BCUT2D eigenvalue weighted by Crippen LogP contribution is -2.40. The summed E-state index contributed by atoms with van der Waals surface area (Å²) in [4.78, 5) is 40.0. The van der Waals surface area contributed by atoms with Crippen LogP contribution < -0.4 is 4.90 Å². The molecule has 5 nitrogen and oxygen atoms in total. The van der Waals surface area contributed by atoms with E-state index in [4.69, 9.17) is 4.74 Å². The molecule has 0 aromatic heterocycles. The van der Waals surface area contributed by atoms with Crippen molar-refractivity contribution in [1.82, 2.24) is 0 Å². The van der Waals surface area contributed by atoms with Crippen LogP contribution in [-0.4, -0.2) is 23.9 Å². The Balaban J connectivity index is 1.23. The molecule has 1 aromatic carbocycles. The SMILES string of the molecule is O=C(OC1CCCC1)c1ccc(N2C(=O)[C@@H]3[C@H]4C=C[C@@H]([C@@H]5C[C@H]45)[C@H]3C2=O)cc1. The first kappa shape index (κ1) is 16.5. The van der Waals surface area contributed by atoms with Crippen molar-refractivity contribution < 1.29 is 19.1 Å². The van der Waals surface area contributed by atoms with Crippen molar-refractivity contribution in [2.75, 3.05) is 4.90 Å². The number of allylic oxidation sites excluding steroid dienone is 2. The van der Waals surface area contributed by atoms with Crippen LogP contribution in [0.2, 0.25) is 0 Å². The van der Waals surface area contributed by atoms with Crippen molar-refractivity contribution in [1.29, 1.82) is 0 Å². The molecule has 28 heavy (non-hydrogen) atoms.